The summed E-state index contributed by atoms with van der Waals surface area (Å²) in [6, 6.07) is 7.75. The molecule has 1 aliphatic rings. The molecule has 7 nitrogen and oxygen atoms in total. The zero-order valence-corrected chi connectivity index (χ0v) is 15.0. The number of aliphatic imine (C=N–C) groups is 1. The molecule has 0 N–H and O–H groups in total. The van der Waals surface area contributed by atoms with Crippen LogP contribution < -0.4 is 0 Å². The van der Waals surface area contributed by atoms with Crippen LogP contribution in [0.2, 0.25) is 0 Å². The number of carbonyl (C=O) groups excluding carboxylic acids is 2. The van der Waals surface area contributed by atoms with E-state index in [0.29, 0.717) is 12.3 Å². The number of nitrogens with zero attached hydrogens (tertiary/aromatic N) is 2. The summed E-state index contributed by atoms with van der Waals surface area (Å²) in [4.78, 5) is 30.5. The highest BCUT2D eigenvalue weighted by molar-refractivity contribution is 9.10. The van der Waals surface area contributed by atoms with Crippen LogP contribution in [0.5, 0.6) is 0 Å². The van der Waals surface area contributed by atoms with Gasteiger partial charge in [0.1, 0.15) is 0 Å². The first-order valence-corrected chi connectivity index (χ1v) is 7.46. The summed E-state index contributed by atoms with van der Waals surface area (Å²) in [5, 5.41) is 1.57. The van der Waals surface area contributed by atoms with Gasteiger partial charge in [0.2, 0.25) is 0 Å². The van der Waals surface area contributed by atoms with Crippen molar-refractivity contribution in [2.24, 2.45) is 4.99 Å². The van der Waals surface area contributed by atoms with Gasteiger partial charge in [-0.3, -0.25) is 9.59 Å². The van der Waals surface area contributed by atoms with E-state index in [4.69, 9.17) is 9.63 Å². The average molecular weight is 387 g/mol. The number of esters is 1. The molecule has 1 aromatic rings. The number of methoxy groups -OCH3 is 2. The van der Waals surface area contributed by atoms with Gasteiger partial charge in [-0.05, 0) is 19.1 Å². The van der Waals surface area contributed by atoms with Gasteiger partial charge in [-0.1, -0.05) is 28.1 Å². The van der Waals surface area contributed by atoms with Gasteiger partial charge in [-0.15, -0.1) is 0 Å². The normalized spacial score (nSPS) is 19.3. The second-order valence-electron chi connectivity index (χ2n) is 4.79. The van der Waals surface area contributed by atoms with Crippen LogP contribution in [-0.4, -0.2) is 50.3 Å². The van der Waals surface area contributed by atoms with E-state index in [0.717, 1.165) is 10.0 Å². The molecule has 0 aromatic heterocycles. The predicted molar refractivity (Wildman–Crippen MR) is 87.6 cm³/mol. The van der Waals surface area contributed by atoms with E-state index in [1.54, 1.807) is 19.0 Å². The maximum Gasteiger partial charge on any atom is 0.310 e. The van der Waals surface area contributed by atoms with E-state index in [1.807, 2.05) is 24.3 Å². The summed E-state index contributed by atoms with van der Waals surface area (Å²) in [5.74, 6) is 0.336. The van der Waals surface area contributed by atoms with Crippen LogP contribution in [0.3, 0.4) is 0 Å². The molecule has 0 spiro atoms. The number of hydroxylamine groups is 2. The van der Waals surface area contributed by atoms with Gasteiger partial charge < -0.3 is 9.47 Å². The summed E-state index contributed by atoms with van der Waals surface area (Å²) in [7, 11) is 4.43. The summed E-state index contributed by atoms with van der Waals surface area (Å²) in [5.41, 5.74) is 0.00456. The summed E-state index contributed by atoms with van der Waals surface area (Å²) in [6.45, 7) is 2.13. The third-order valence-electron chi connectivity index (χ3n) is 2.85. The molecule has 0 saturated heterocycles. The molecule has 1 aromatic carbocycles. The monoisotopic (exact) mass is 386 g/mol. The van der Waals surface area contributed by atoms with Gasteiger partial charge >= 0.3 is 5.97 Å². The van der Waals surface area contributed by atoms with Crippen molar-refractivity contribution in [3.05, 3.63) is 34.3 Å². The quantitative estimate of drug-likeness (QED) is 0.582. The maximum absolute atomic E-state index is 11.4. The topological polar surface area (TPSA) is 77.4 Å². The Hall–Kier alpha value is -1.93. The van der Waals surface area contributed by atoms with Crippen LogP contribution in [0.1, 0.15) is 18.9 Å². The standard InChI is InChI=1S/C13H15BrN2O3.C2H4O2/c1-13(8-11(17)18-3)15-12(16(2)19-13)9-5-4-6-10(14)7-9;1-4-2-3/h4-7H,8H2,1-3H3;2H,1H3. The van der Waals surface area contributed by atoms with Gasteiger partial charge in [0.15, 0.2) is 11.6 Å². The van der Waals surface area contributed by atoms with Crippen molar-refractivity contribution in [1.82, 2.24) is 5.06 Å². The van der Waals surface area contributed by atoms with Crippen LogP contribution in [0, 0.1) is 0 Å². The third kappa shape index (κ3) is 5.65. The molecule has 1 heterocycles. The Kier molecular flexibility index (Phi) is 7.18. The highest BCUT2D eigenvalue weighted by Gasteiger charge is 2.38. The first kappa shape index (κ1) is 19.1. The lowest BCUT2D eigenvalue weighted by Crippen LogP contribution is -2.31. The summed E-state index contributed by atoms with van der Waals surface area (Å²) >= 11 is 3.42. The molecule has 0 fully saturated rings. The van der Waals surface area contributed by atoms with E-state index >= 15 is 0 Å². The van der Waals surface area contributed by atoms with Crippen LogP contribution in [0.25, 0.3) is 0 Å². The van der Waals surface area contributed by atoms with Crippen LogP contribution >= 0.6 is 15.9 Å². The molecule has 1 unspecified atom stereocenters. The van der Waals surface area contributed by atoms with Gasteiger partial charge in [0.25, 0.3) is 6.47 Å². The van der Waals surface area contributed by atoms with Crippen molar-refractivity contribution in [3.8, 4) is 0 Å². The van der Waals surface area contributed by atoms with Crippen molar-refractivity contribution in [2.45, 2.75) is 19.1 Å². The SMILES string of the molecule is COC(=O)CC1(C)N=C(c2cccc(Br)c2)N(C)O1.COC=O. The lowest BCUT2D eigenvalue weighted by Gasteiger charge is -2.20. The molecule has 2 rings (SSSR count). The molecule has 0 aliphatic carbocycles. The Morgan fingerprint density at radius 3 is 2.65 bits per heavy atom. The maximum atomic E-state index is 11.4. The van der Waals surface area contributed by atoms with E-state index in [9.17, 15) is 4.79 Å². The van der Waals surface area contributed by atoms with E-state index in [-0.39, 0.29) is 12.4 Å². The van der Waals surface area contributed by atoms with Crippen molar-refractivity contribution in [1.29, 1.82) is 0 Å². The number of benzene rings is 1. The summed E-state index contributed by atoms with van der Waals surface area (Å²) in [6.07, 6.45) is 0.0747. The number of hydrogen-bond acceptors (Lipinski definition) is 7. The van der Waals surface area contributed by atoms with Crippen molar-refractivity contribution in [3.63, 3.8) is 0 Å². The Bertz CT molecular complexity index is 593. The molecule has 0 radical (unpaired) electrons. The van der Waals surface area contributed by atoms with Crippen LogP contribution in [0.4, 0.5) is 0 Å². The first-order chi connectivity index (χ1) is 10.8. The second kappa shape index (κ2) is 8.64. The molecule has 0 saturated carbocycles. The Morgan fingerprint density at radius 2 is 2.13 bits per heavy atom. The van der Waals surface area contributed by atoms with Gasteiger partial charge in [0.05, 0.1) is 20.6 Å². The van der Waals surface area contributed by atoms with Crippen molar-refractivity contribution >= 4 is 34.2 Å². The van der Waals surface area contributed by atoms with Gasteiger partial charge in [-0.25, -0.2) is 14.9 Å². The fourth-order valence-electron chi connectivity index (χ4n) is 1.94. The highest BCUT2D eigenvalue weighted by Crippen LogP contribution is 2.28. The molecule has 23 heavy (non-hydrogen) atoms. The Balaban J connectivity index is 0.000000593. The zero-order valence-electron chi connectivity index (χ0n) is 13.4. The van der Waals surface area contributed by atoms with Gasteiger partial charge in [-0.2, -0.15) is 0 Å². The van der Waals surface area contributed by atoms with E-state index in [1.165, 1.54) is 14.2 Å². The number of ether oxygens (including phenoxy) is 2. The van der Waals surface area contributed by atoms with E-state index in [2.05, 4.69) is 30.4 Å². The number of hydrogen-bond donors (Lipinski definition) is 0. The minimum Gasteiger partial charge on any atom is -0.471 e. The van der Waals surface area contributed by atoms with Gasteiger partial charge in [0, 0.05) is 17.1 Å². The molecular weight excluding hydrogens is 368 g/mol. The molecular formula is C15H19BrN2O5. The lowest BCUT2D eigenvalue weighted by atomic mass is 10.1. The molecule has 8 heteroatoms. The molecule has 1 aliphatic heterocycles. The van der Waals surface area contributed by atoms with Crippen molar-refractivity contribution in [2.75, 3.05) is 21.3 Å². The number of carbonyl (C=O) groups is 2. The first-order valence-electron chi connectivity index (χ1n) is 6.67. The van der Waals surface area contributed by atoms with Crippen LogP contribution in [-0.2, 0) is 23.9 Å². The molecule has 0 amide bonds. The molecule has 126 valence electrons. The number of rotatable bonds is 4. The minimum absolute atomic E-state index is 0.0747. The Morgan fingerprint density at radius 1 is 1.48 bits per heavy atom. The minimum atomic E-state index is -0.917. The fraction of sp³-hybridized carbons (Fsp3) is 0.400. The number of amidine groups is 1. The summed E-state index contributed by atoms with van der Waals surface area (Å²) < 4.78 is 9.48. The van der Waals surface area contributed by atoms with Crippen LogP contribution in [0.15, 0.2) is 33.7 Å². The highest BCUT2D eigenvalue weighted by atomic mass is 79.9. The molecule has 0 bridgehead atoms. The van der Waals surface area contributed by atoms with E-state index < -0.39 is 5.72 Å². The fourth-order valence-corrected chi connectivity index (χ4v) is 2.34. The third-order valence-corrected chi connectivity index (χ3v) is 3.35. The molecule has 1 atom stereocenters. The second-order valence-corrected chi connectivity index (χ2v) is 5.71. The Labute approximate surface area is 143 Å². The lowest BCUT2D eigenvalue weighted by molar-refractivity contribution is -0.175. The largest absolute Gasteiger partial charge is 0.471 e. The number of halogens is 1. The predicted octanol–water partition coefficient (Wildman–Crippen LogP) is 2.14. The zero-order chi connectivity index (χ0) is 17.5. The smallest absolute Gasteiger partial charge is 0.310 e. The average Bonchev–Trinajstić information content (AvgIpc) is 2.82. The van der Waals surface area contributed by atoms with Crippen molar-refractivity contribution < 1.29 is 23.9 Å².